The Kier molecular flexibility index (Phi) is 5.12. The molecule has 0 aliphatic carbocycles. The van der Waals surface area contributed by atoms with Gasteiger partial charge < -0.3 is 0 Å². The molecule has 0 fully saturated rings. The number of aryl methyl sites for hydroxylation is 1. The molecule has 0 aliphatic heterocycles. The van der Waals surface area contributed by atoms with Gasteiger partial charge in [0, 0.05) is 6.04 Å². The highest BCUT2D eigenvalue weighted by Crippen LogP contribution is 2.20. The first-order chi connectivity index (χ1) is 9.61. The Morgan fingerprint density at radius 3 is 2.45 bits per heavy atom. The topological polar surface area (TPSA) is 38.0 Å². The van der Waals surface area contributed by atoms with Gasteiger partial charge in [0.1, 0.15) is 5.82 Å². The van der Waals surface area contributed by atoms with Crippen molar-refractivity contribution in [2.24, 2.45) is 5.84 Å². The van der Waals surface area contributed by atoms with Crippen molar-refractivity contribution in [1.82, 2.24) is 5.43 Å². The molecule has 2 rings (SSSR count). The van der Waals surface area contributed by atoms with E-state index in [9.17, 15) is 4.39 Å². The Bertz CT molecular complexity index is 586. The van der Waals surface area contributed by atoms with Gasteiger partial charge in [-0.3, -0.25) is 11.3 Å². The van der Waals surface area contributed by atoms with E-state index < -0.39 is 0 Å². The Morgan fingerprint density at radius 2 is 1.75 bits per heavy atom. The summed E-state index contributed by atoms with van der Waals surface area (Å²) in [6.45, 7) is 2.06. The van der Waals surface area contributed by atoms with E-state index in [1.165, 1.54) is 11.1 Å². The van der Waals surface area contributed by atoms with Crippen molar-refractivity contribution in [3.63, 3.8) is 0 Å². The van der Waals surface area contributed by atoms with Gasteiger partial charge in [0.2, 0.25) is 0 Å². The molecule has 0 aliphatic rings. The molecule has 0 heterocycles. The number of hydrogen-bond donors (Lipinski definition) is 2. The highest BCUT2D eigenvalue weighted by molar-refractivity contribution is 6.30. The molecule has 2 nitrogen and oxygen atoms in total. The second kappa shape index (κ2) is 6.84. The second-order valence-electron chi connectivity index (χ2n) is 4.91. The van der Waals surface area contributed by atoms with Crippen molar-refractivity contribution in [1.29, 1.82) is 0 Å². The van der Waals surface area contributed by atoms with Crippen molar-refractivity contribution in [3.05, 3.63) is 70.0 Å². The minimum Gasteiger partial charge on any atom is -0.271 e. The largest absolute Gasteiger partial charge is 0.271 e. The lowest BCUT2D eigenvalue weighted by atomic mass is 9.96. The molecule has 0 amide bonds. The van der Waals surface area contributed by atoms with Crippen molar-refractivity contribution in [2.75, 3.05) is 0 Å². The van der Waals surface area contributed by atoms with Crippen LogP contribution < -0.4 is 11.3 Å². The van der Waals surface area contributed by atoms with Gasteiger partial charge in [0.15, 0.2) is 0 Å². The zero-order valence-corrected chi connectivity index (χ0v) is 12.1. The molecule has 4 heteroatoms. The van der Waals surface area contributed by atoms with Gasteiger partial charge in [-0.2, -0.15) is 0 Å². The zero-order valence-electron chi connectivity index (χ0n) is 11.4. The van der Waals surface area contributed by atoms with Crippen LogP contribution in [0.2, 0.25) is 5.02 Å². The molecule has 0 saturated carbocycles. The average Bonchev–Trinajstić information content (AvgIpc) is 2.45. The molecule has 1 unspecified atom stereocenters. The SMILES string of the molecule is Cc1ccccc1CC(Cc1cccc(Cl)c1F)NN. The van der Waals surface area contributed by atoms with Crippen LogP contribution in [0.4, 0.5) is 4.39 Å². The molecule has 0 radical (unpaired) electrons. The van der Waals surface area contributed by atoms with Gasteiger partial charge in [-0.25, -0.2) is 4.39 Å². The molecular weight excluding hydrogens is 275 g/mol. The minimum atomic E-state index is -0.362. The maximum atomic E-state index is 13.9. The summed E-state index contributed by atoms with van der Waals surface area (Å²) >= 11 is 5.80. The van der Waals surface area contributed by atoms with Crippen LogP contribution >= 0.6 is 11.6 Å². The lowest BCUT2D eigenvalue weighted by Crippen LogP contribution is -2.38. The van der Waals surface area contributed by atoms with Crippen molar-refractivity contribution in [2.45, 2.75) is 25.8 Å². The number of halogens is 2. The van der Waals surface area contributed by atoms with Crippen LogP contribution in [0, 0.1) is 12.7 Å². The summed E-state index contributed by atoms with van der Waals surface area (Å²) in [6.07, 6.45) is 1.24. The molecule has 0 aromatic heterocycles. The molecule has 1 atom stereocenters. The third-order valence-corrected chi connectivity index (χ3v) is 3.75. The zero-order chi connectivity index (χ0) is 14.5. The highest BCUT2D eigenvalue weighted by atomic mass is 35.5. The molecule has 0 saturated heterocycles. The number of benzene rings is 2. The molecule has 2 aromatic rings. The summed E-state index contributed by atoms with van der Waals surface area (Å²) in [5.41, 5.74) is 5.76. The Balaban J connectivity index is 2.14. The normalized spacial score (nSPS) is 12.4. The van der Waals surface area contributed by atoms with Crippen LogP contribution in [0.5, 0.6) is 0 Å². The fourth-order valence-corrected chi connectivity index (χ4v) is 2.46. The van der Waals surface area contributed by atoms with Crippen LogP contribution in [-0.2, 0) is 12.8 Å². The van der Waals surface area contributed by atoms with Crippen molar-refractivity contribution >= 4 is 11.6 Å². The molecular formula is C16H18ClFN2. The van der Waals surface area contributed by atoms with Gasteiger partial charge in [0.05, 0.1) is 5.02 Å². The summed E-state index contributed by atoms with van der Waals surface area (Å²) < 4.78 is 13.9. The lowest BCUT2D eigenvalue weighted by molar-refractivity contribution is 0.506. The van der Waals surface area contributed by atoms with Crippen LogP contribution in [-0.4, -0.2) is 6.04 Å². The summed E-state index contributed by atoms with van der Waals surface area (Å²) in [6, 6.07) is 13.1. The molecule has 3 N–H and O–H groups in total. The monoisotopic (exact) mass is 292 g/mol. The number of nitrogens with one attached hydrogen (secondary N) is 1. The van der Waals surface area contributed by atoms with Gasteiger partial charge >= 0.3 is 0 Å². The fraction of sp³-hybridized carbons (Fsp3) is 0.250. The number of nitrogens with two attached hydrogens (primary N) is 1. The first-order valence-electron chi connectivity index (χ1n) is 6.55. The van der Waals surface area contributed by atoms with Gasteiger partial charge in [-0.05, 0) is 42.5 Å². The van der Waals surface area contributed by atoms with Gasteiger partial charge in [0.25, 0.3) is 0 Å². The first-order valence-corrected chi connectivity index (χ1v) is 6.93. The Labute approximate surface area is 123 Å². The smallest absolute Gasteiger partial charge is 0.145 e. The Morgan fingerprint density at radius 1 is 1.10 bits per heavy atom. The lowest BCUT2D eigenvalue weighted by Gasteiger charge is -2.18. The fourth-order valence-electron chi connectivity index (χ4n) is 2.27. The van der Waals surface area contributed by atoms with E-state index >= 15 is 0 Å². The van der Waals surface area contributed by atoms with E-state index in [-0.39, 0.29) is 16.9 Å². The second-order valence-corrected chi connectivity index (χ2v) is 5.32. The summed E-state index contributed by atoms with van der Waals surface area (Å²) in [5, 5.41) is 0.147. The van der Waals surface area contributed by atoms with E-state index in [0.29, 0.717) is 12.0 Å². The number of hydrazine groups is 1. The van der Waals surface area contributed by atoms with E-state index in [1.807, 2.05) is 12.1 Å². The standard InChI is InChI=1S/C16H18ClFN2/c1-11-5-2-3-6-12(11)9-14(20-19)10-13-7-4-8-15(17)16(13)18/h2-8,14,20H,9-10,19H2,1H3. The van der Waals surface area contributed by atoms with Crippen LogP contribution in [0.1, 0.15) is 16.7 Å². The third-order valence-electron chi connectivity index (χ3n) is 3.46. The molecule has 0 spiro atoms. The number of rotatable bonds is 5. The highest BCUT2D eigenvalue weighted by Gasteiger charge is 2.14. The van der Waals surface area contributed by atoms with Crippen molar-refractivity contribution in [3.8, 4) is 0 Å². The predicted octanol–water partition coefficient (Wildman–Crippen LogP) is 3.40. The Hall–Kier alpha value is -1.42. The first kappa shape index (κ1) is 15.0. The van der Waals surface area contributed by atoms with E-state index in [2.05, 4.69) is 24.5 Å². The van der Waals surface area contributed by atoms with Gasteiger partial charge in [-0.15, -0.1) is 0 Å². The maximum Gasteiger partial charge on any atom is 0.145 e. The van der Waals surface area contributed by atoms with E-state index in [4.69, 9.17) is 17.4 Å². The van der Waals surface area contributed by atoms with Crippen molar-refractivity contribution < 1.29 is 4.39 Å². The molecule has 20 heavy (non-hydrogen) atoms. The molecule has 2 aromatic carbocycles. The van der Waals surface area contributed by atoms with Gasteiger partial charge in [-0.1, -0.05) is 48.0 Å². The van der Waals surface area contributed by atoms with E-state index in [1.54, 1.807) is 18.2 Å². The quantitative estimate of drug-likeness (QED) is 0.655. The number of hydrogen-bond acceptors (Lipinski definition) is 2. The minimum absolute atomic E-state index is 0.0379. The van der Waals surface area contributed by atoms with Crippen LogP contribution in [0.3, 0.4) is 0 Å². The summed E-state index contributed by atoms with van der Waals surface area (Å²) in [7, 11) is 0. The van der Waals surface area contributed by atoms with Crippen LogP contribution in [0.25, 0.3) is 0 Å². The average molecular weight is 293 g/mol. The third kappa shape index (κ3) is 3.57. The predicted molar refractivity (Wildman–Crippen MR) is 81.1 cm³/mol. The van der Waals surface area contributed by atoms with Crippen LogP contribution in [0.15, 0.2) is 42.5 Å². The molecule has 106 valence electrons. The molecule has 0 bridgehead atoms. The summed E-state index contributed by atoms with van der Waals surface area (Å²) in [4.78, 5) is 0. The summed E-state index contributed by atoms with van der Waals surface area (Å²) in [5.74, 6) is 5.24. The van der Waals surface area contributed by atoms with E-state index in [0.717, 1.165) is 6.42 Å². The maximum absolute atomic E-state index is 13.9.